The number of aryl methyl sites for hydroxylation is 1. The Hall–Kier alpha value is -3.15. The summed E-state index contributed by atoms with van der Waals surface area (Å²) < 4.78 is 10.3. The first-order valence-corrected chi connectivity index (χ1v) is 9.67. The van der Waals surface area contributed by atoms with E-state index in [0.29, 0.717) is 23.4 Å². The summed E-state index contributed by atoms with van der Waals surface area (Å²) in [5.74, 6) is -0.177. The number of nitrogens with one attached hydrogen (secondary N) is 1. The van der Waals surface area contributed by atoms with Gasteiger partial charge >= 0.3 is 5.97 Å². The molecule has 0 saturated heterocycles. The molecule has 29 heavy (non-hydrogen) atoms. The molecule has 0 aromatic heterocycles. The number of benzene rings is 2. The molecule has 0 unspecified atom stereocenters. The summed E-state index contributed by atoms with van der Waals surface area (Å²) >= 11 is 0. The lowest BCUT2D eigenvalue weighted by atomic mass is 10.1. The van der Waals surface area contributed by atoms with Crippen LogP contribution in [0.25, 0.3) is 0 Å². The molecule has 0 radical (unpaired) electrons. The molecule has 0 spiro atoms. The number of rotatable bonds is 10. The van der Waals surface area contributed by atoms with E-state index in [1.807, 2.05) is 26.0 Å². The minimum atomic E-state index is -0.615. The van der Waals surface area contributed by atoms with Crippen molar-refractivity contribution in [2.24, 2.45) is 5.92 Å². The fraction of sp³-hybridized carbons (Fsp3) is 0.348. The summed E-state index contributed by atoms with van der Waals surface area (Å²) in [5.41, 5.74) is 2.19. The van der Waals surface area contributed by atoms with E-state index in [-0.39, 0.29) is 30.8 Å². The zero-order chi connectivity index (χ0) is 21.2. The monoisotopic (exact) mass is 397 g/mol. The first-order chi connectivity index (χ1) is 13.9. The van der Waals surface area contributed by atoms with Crippen LogP contribution >= 0.6 is 0 Å². The van der Waals surface area contributed by atoms with Crippen LogP contribution in [0.15, 0.2) is 48.5 Å². The average molecular weight is 397 g/mol. The molecule has 6 heteroatoms. The van der Waals surface area contributed by atoms with Crippen molar-refractivity contribution in [2.75, 3.05) is 18.5 Å². The maximum absolute atomic E-state index is 12.2. The molecule has 6 nitrogen and oxygen atoms in total. The smallest absolute Gasteiger partial charge is 0.344 e. The second kappa shape index (κ2) is 11.0. The largest absolute Gasteiger partial charge is 0.482 e. The van der Waals surface area contributed by atoms with Crippen molar-refractivity contribution >= 4 is 23.3 Å². The summed E-state index contributed by atoms with van der Waals surface area (Å²) in [6, 6.07) is 13.9. The number of amides is 1. The first-order valence-electron chi connectivity index (χ1n) is 9.67. The van der Waals surface area contributed by atoms with Gasteiger partial charge < -0.3 is 14.8 Å². The molecule has 0 saturated carbocycles. The van der Waals surface area contributed by atoms with E-state index in [0.717, 1.165) is 6.42 Å². The highest BCUT2D eigenvalue weighted by Gasteiger charge is 2.11. The van der Waals surface area contributed by atoms with Gasteiger partial charge in [0, 0.05) is 17.7 Å². The van der Waals surface area contributed by atoms with Gasteiger partial charge in [-0.2, -0.15) is 0 Å². The molecule has 0 heterocycles. The van der Waals surface area contributed by atoms with Crippen molar-refractivity contribution in [3.8, 4) is 5.75 Å². The Bertz CT molecular complexity index is 825. The topological polar surface area (TPSA) is 81.7 Å². The van der Waals surface area contributed by atoms with Crippen molar-refractivity contribution in [1.29, 1.82) is 0 Å². The van der Waals surface area contributed by atoms with Gasteiger partial charge in [-0.05, 0) is 54.3 Å². The van der Waals surface area contributed by atoms with Gasteiger partial charge in [-0.15, -0.1) is 0 Å². The van der Waals surface area contributed by atoms with Crippen molar-refractivity contribution in [2.45, 2.75) is 33.6 Å². The number of carbonyl (C=O) groups excluding carboxylic acids is 3. The van der Waals surface area contributed by atoms with Gasteiger partial charge in [-0.3, -0.25) is 9.59 Å². The van der Waals surface area contributed by atoms with Crippen LogP contribution in [-0.2, 0) is 20.7 Å². The van der Waals surface area contributed by atoms with Gasteiger partial charge in [0.15, 0.2) is 19.0 Å². The Kier molecular flexibility index (Phi) is 8.40. The molecule has 0 aliphatic rings. The van der Waals surface area contributed by atoms with Gasteiger partial charge in [-0.1, -0.05) is 32.9 Å². The van der Waals surface area contributed by atoms with Gasteiger partial charge in [0.1, 0.15) is 5.75 Å². The molecule has 2 rings (SSSR count). The number of ketones is 1. The van der Waals surface area contributed by atoms with Crippen LogP contribution in [0.5, 0.6) is 5.75 Å². The van der Waals surface area contributed by atoms with Crippen LogP contribution in [0.3, 0.4) is 0 Å². The lowest BCUT2D eigenvalue weighted by Crippen LogP contribution is -2.19. The minimum Gasteiger partial charge on any atom is -0.482 e. The summed E-state index contributed by atoms with van der Waals surface area (Å²) in [5, 5.41) is 2.78. The summed E-state index contributed by atoms with van der Waals surface area (Å²) in [6.07, 6.45) is 1.36. The van der Waals surface area contributed by atoms with Crippen molar-refractivity contribution in [3.05, 3.63) is 59.7 Å². The molecule has 0 aliphatic carbocycles. The maximum Gasteiger partial charge on any atom is 0.344 e. The Morgan fingerprint density at radius 3 is 2.17 bits per heavy atom. The Balaban J connectivity index is 1.76. The highest BCUT2D eigenvalue weighted by molar-refractivity contribution is 5.98. The molecular formula is C23H27NO5. The van der Waals surface area contributed by atoms with Crippen molar-refractivity contribution < 1.29 is 23.9 Å². The van der Waals surface area contributed by atoms with E-state index in [4.69, 9.17) is 9.47 Å². The zero-order valence-electron chi connectivity index (χ0n) is 17.1. The maximum atomic E-state index is 12.2. The highest BCUT2D eigenvalue weighted by Crippen LogP contribution is 2.13. The van der Waals surface area contributed by atoms with Gasteiger partial charge in [0.25, 0.3) is 0 Å². The van der Waals surface area contributed by atoms with Crippen molar-refractivity contribution in [3.63, 3.8) is 0 Å². The molecule has 0 fully saturated rings. The average Bonchev–Trinajstić information content (AvgIpc) is 2.70. The van der Waals surface area contributed by atoms with Crippen LogP contribution in [0.2, 0.25) is 0 Å². The third kappa shape index (κ3) is 7.78. The SMILES string of the molecule is CCc1ccc(OCC(=O)OCC(=O)c2ccc(NC(=O)CC(C)C)cc2)cc1. The lowest BCUT2D eigenvalue weighted by molar-refractivity contribution is -0.144. The van der Waals surface area contributed by atoms with Crippen molar-refractivity contribution in [1.82, 2.24) is 0 Å². The molecule has 1 amide bonds. The predicted octanol–water partition coefficient (Wildman–Crippen LogP) is 4.04. The molecule has 0 bridgehead atoms. The number of hydrogen-bond acceptors (Lipinski definition) is 5. The first kappa shape index (κ1) is 22.1. The van der Waals surface area contributed by atoms with Crippen LogP contribution in [0.1, 0.15) is 43.1 Å². The number of esters is 1. The second-order valence-electron chi connectivity index (χ2n) is 7.09. The molecule has 0 aliphatic heterocycles. The number of hydrogen-bond donors (Lipinski definition) is 1. The third-order valence-corrected chi connectivity index (χ3v) is 4.14. The van der Waals surface area contributed by atoms with E-state index < -0.39 is 5.97 Å². The van der Waals surface area contributed by atoms with E-state index in [9.17, 15) is 14.4 Å². The molecule has 154 valence electrons. The molecule has 2 aromatic rings. The summed E-state index contributed by atoms with van der Waals surface area (Å²) in [4.78, 5) is 35.7. The van der Waals surface area contributed by atoms with Crippen LogP contribution in [0, 0.1) is 5.92 Å². The molecule has 0 atom stereocenters. The highest BCUT2D eigenvalue weighted by atomic mass is 16.6. The van der Waals surface area contributed by atoms with Crippen LogP contribution < -0.4 is 10.1 Å². The van der Waals surface area contributed by atoms with E-state index in [2.05, 4.69) is 12.2 Å². The molecule has 2 aromatic carbocycles. The normalized spacial score (nSPS) is 10.5. The van der Waals surface area contributed by atoms with E-state index >= 15 is 0 Å². The number of ether oxygens (including phenoxy) is 2. The second-order valence-corrected chi connectivity index (χ2v) is 7.09. The number of anilines is 1. The molecule has 1 N–H and O–H groups in total. The van der Waals surface area contributed by atoms with Gasteiger partial charge in [0.05, 0.1) is 0 Å². The fourth-order valence-electron chi connectivity index (χ4n) is 2.56. The fourth-order valence-corrected chi connectivity index (χ4v) is 2.56. The van der Waals surface area contributed by atoms with Gasteiger partial charge in [0.2, 0.25) is 5.91 Å². The van der Waals surface area contributed by atoms with E-state index in [1.165, 1.54) is 5.56 Å². The van der Waals surface area contributed by atoms with Gasteiger partial charge in [-0.25, -0.2) is 4.79 Å². The lowest BCUT2D eigenvalue weighted by Gasteiger charge is -2.09. The number of Topliss-reactive ketones (excluding diaryl/α,β-unsaturated/α-hetero) is 1. The quantitative estimate of drug-likeness (QED) is 0.483. The molecular weight excluding hydrogens is 370 g/mol. The standard InChI is InChI=1S/C23H27NO5/c1-4-17-5-11-20(12-6-17)28-15-23(27)29-14-21(25)18-7-9-19(10-8-18)24-22(26)13-16(2)3/h5-12,16H,4,13-15H2,1-3H3,(H,24,26). The van der Waals surface area contributed by atoms with Crippen LogP contribution in [-0.4, -0.2) is 30.9 Å². The third-order valence-electron chi connectivity index (χ3n) is 4.14. The number of carbonyl (C=O) groups is 3. The Labute approximate surface area is 171 Å². The Morgan fingerprint density at radius 1 is 0.931 bits per heavy atom. The minimum absolute atomic E-state index is 0.0719. The summed E-state index contributed by atoms with van der Waals surface area (Å²) in [7, 11) is 0. The predicted molar refractivity (Wildman–Crippen MR) is 111 cm³/mol. The zero-order valence-corrected chi connectivity index (χ0v) is 17.1. The summed E-state index contributed by atoms with van der Waals surface area (Å²) in [6.45, 7) is 5.36. The van der Waals surface area contributed by atoms with Crippen LogP contribution in [0.4, 0.5) is 5.69 Å². The Morgan fingerprint density at radius 2 is 1.59 bits per heavy atom. The van der Waals surface area contributed by atoms with E-state index in [1.54, 1.807) is 36.4 Å².